The van der Waals surface area contributed by atoms with Crippen molar-refractivity contribution in [2.45, 2.75) is 13.0 Å². The van der Waals surface area contributed by atoms with E-state index in [0.717, 1.165) is 10.5 Å². The monoisotopic (exact) mass is 415 g/mol. The standard InChI is InChI=1S/C23H17N3O5/c1-14-9-11-15(12-10-14)21(27)19-20(16-6-2-3-7-17(16)26(30)31)25(23(29)22(19)28)18-8-4-5-13-24-18/h2-13,20,27H,1H3/b21-19-. The number of carbonyl (C=O) groups is 2. The maximum Gasteiger partial charge on any atom is 0.301 e. The van der Waals surface area contributed by atoms with Crippen LogP contribution < -0.4 is 4.90 Å². The quantitative estimate of drug-likeness (QED) is 0.227. The lowest BCUT2D eigenvalue weighted by Crippen LogP contribution is -2.30. The molecule has 8 nitrogen and oxygen atoms in total. The van der Waals surface area contributed by atoms with Gasteiger partial charge in [0.05, 0.1) is 16.1 Å². The molecule has 8 heteroatoms. The Morgan fingerprint density at radius 3 is 2.35 bits per heavy atom. The number of aryl methyl sites for hydroxylation is 1. The van der Waals surface area contributed by atoms with Crippen LogP contribution in [0.25, 0.3) is 5.76 Å². The van der Waals surface area contributed by atoms with Crippen LogP contribution >= 0.6 is 0 Å². The summed E-state index contributed by atoms with van der Waals surface area (Å²) in [7, 11) is 0. The van der Waals surface area contributed by atoms with Gasteiger partial charge >= 0.3 is 5.91 Å². The number of benzene rings is 2. The molecule has 2 aromatic carbocycles. The normalized spacial score (nSPS) is 17.7. The average molecular weight is 415 g/mol. The smallest absolute Gasteiger partial charge is 0.301 e. The van der Waals surface area contributed by atoms with Crippen molar-refractivity contribution >= 4 is 29.0 Å². The molecular formula is C23H17N3O5. The highest BCUT2D eigenvalue weighted by molar-refractivity contribution is 6.51. The number of nitrogens with zero attached hydrogens (tertiary/aromatic N) is 3. The summed E-state index contributed by atoms with van der Waals surface area (Å²) < 4.78 is 0. The van der Waals surface area contributed by atoms with Gasteiger partial charge in [0.2, 0.25) is 0 Å². The summed E-state index contributed by atoms with van der Waals surface area (Å²) in [5, 5.41) is 22.7. The van der Waals surface area contributed by atoms with Crippen molar-refractivity contribution in [1.82, 2.24) is 4.98 Å². The van der Waals surface area contributed by atoms with E-state index < -0.39 is 28.4 Å². The molecule has 31 heavy (non-hydrogen) atoms. The predicted molar refractivity (Wildman–Crippen MR) is 113 cm³/mol. The van der Waals surface area contributed by atoms with Crippen LogP contribution in [-0.2, 0) is 9.59 Å². The van der Waals surface area contributed by atoms with Crippen LogP contribution in [0.2, 0.25) is 0 Å². The van der Waals surface area contributed by atoms with E-state index in [4.69, 9.17) is 0 Å². The van der Waals surface area contributed by atoms with Crippen molar-refractivity contribution in [3.05, 3.63) is 105 Å². The van der Waals surface area contributed by atoms with E-state index >= 15 is 0 Å². The Morgan fingerprint density at radius 2 is 1.71 bits per heavy atom. The van der Waals surface area contributed by atoms with Crippen LogP contribution in [0.1, 0.15) is 22.7 Å². The highest BCUT2D eigenvalue weighted by atomic mass is 16.6. The number of Topliss-reactive ketones (excluding diaryl/α,β-unsaturated/α-hetero) is 1. The van der Waals surface area contributed by atoms with Gasteiger partial charge in [-0.05, 0) is 25.1 Å². The van der Waals surface area contributed by atoms with Crippen molar-refractivity contribution in [1.29, 1.82) is 0 Å². The number of hydrogen-bond acceptors (Lipinski definition) is 6. The van der Waals surface area contributed by atoms with Crippen LogP contribution in [-0.4, -0.2) is 26.7 Å². The van der Waals surface area contributed by atoms with Crippen LogP contribution in [0.15, 0.2) is 78.5 Å². The molecule has 0 bridgehead atoms. The second kappa shape index (κ2) is 7.83. The van der Waals surface area contributed by atoms with Gasteiger partial charge in [0, 0.05) is 17.8 Å². The topological polar surface area (TPSA) is 114 Å². The number of carbonyl (C=O) groups excluding carboxylic acids is 2. The number of aliphatic hydroxyl groups excluding tert-OH is 1. The van der Waals surface area contributed by atoms with Crippen molar-refractivity contribution < 1.29 is 19.6 Å². The molecule has 1 amide bonds. The molecule has 1 aliphatic rings. The molecule has 1 unspecified atom stereocenters. The summed E-state index contributed by atoms with van der Waals surface area (Å²) in [4.78, 5) is 42.4. The van der Waals surface area contributed by atoms with Gasteiger partial charge in [-0.1, -0.05) is 48.0 Å². The van der Waals surface area contributed by atoms with E-state index in [1.807, 2.05) is 6.92 Å². The van der Waals surface area contributed by atoms with Gasteiger partial charge in [0.25, 0.3) is 11.5 Å². The van der Waals surface area contributed by atoms with E-state index in [9.17, 15) is 24.8 Å². The number of nitro benzene ring substituents is 1. The van der Waals surface area contributed by atoms with Gasteiger partial charge in [-0.25, -0.2) is 4.98 Å². The fourth-order valence-electron chi connectivity index (χ4n) is 3.61. The molecule has 1 atom stereocenters. The maximum absolute atomic E-state index is 13.0. The van der Waals surface area contributed by atoms with E-state index in [0.29, 0.717) is 5.56 Å². The first kappa shape index (κ1) is 20.0. The van der Waals surface area contributed by atoms with Crippen LogP contribution in [0, 0.1) is 17.0 Å². The minimum Gasteiger partial charge on any atom is -0.507 e. The zero-order valence-electron chi connectivity index (χ0n) is 16.4. The molecule has 1 saturated heterocycles. The van der Waals surface area contributed by atoms with Crippen LogP contribution in [0.3, 0.4) is 0 Å². The Balaban J connectivity index is 2.01. The summed E-state index contributed by atoms with van der Waals surface area (Å²) in [6, 6.07) is 16.2. The lowest BCUT2D eigenvalue weighted by atomic mass is 9.94. The van der Waals surface area contributed by atoms with E-state index in [-0.39, 0.29) is 22.6 Å². The molecule has 2 heterocycles. The molecular weight excluding hydrogens is 398 g/mol. The number of para-hydroxylation sites is 1. The van der Waals surface area contributed by atoms with Gasteiger partial charge in [-0.2, -0.15) is 0 Å². The maximum atomic E-state index is 13.0. The Morgan fingerprint density at radius 1 is 1.03 bits per heavy atom. The number of aromatic nitrogens is 1. The van der Waals surface area contributed by atoms with E-state index in [1.165, 1.54) is 30.5 Å². The highest BCUT2D eigenvalue weighted by Gasteiger charge is 2.49. The SMILES string of the molecule is Cc1ccc(/C(O)=C2/C(=O)C(=O)N(c3ccccn3)C2c2ccccc2[N+](=O)[O-])cc1. The number of nitro groups is 1. The van der Waals surface area contributed by atoms with Crippen molar-refractivity contribution in [3.8, 4) is 0 Å². The molecule has 3 aromatic rings. The minimum atomic E-state index is -1.21. The second-order valence-corrected chi connectivity index (χ2v) is 7.04. The van der Waals surface area contributed by atoms with Gasteiger partial charge in [-0.15, -0.1) is 0 Å². The number of amides is 1. The summed E-state index contributed by atoms with van der Waals surface area (Å²) in [5.74, 6) is -2.11. The molecule has 1 aromatic heterocycles. The number of anilines is 1. The molecule has 0 spiro atoms. The molecule has 1 aliphatic heterocycles. The van der Waals surface area contributed by atoms with Crippen LogP contribution in [0.4, 0.5) is 11.5 Å². The van der Waals surface area contributed by atoms with Gasteiger partial charge in [0.1, 0.15) is 17.6 Å². The van der Waals surface area contributed by atoms with Crippen molar-refractivity contribution in [2.24, 2.45) is 0 Å². The largest absolute Gasteiger partial charge is 0.507 e. The van der Waals surface area contributed by atoms with Gasteiger partial charge in [-0.3, -0.25) is 24.6 Å². The third-order valence-electron chi connectivity index (χ3n) is 5.09. The van der Waals surface area contributed by atoms with Crippen LogP contribution in [0.5, 0.6) is 0 Å². The summed E-state index contributed by atoms with van der Waals surface area (Å²) in [6.07, 6.45) is 1.45. The predicted octanol–water partition coefficient (Wildman–Crippen LogP) is 3.92. The number of ketones is 1. The molecule has 1 N–H and O–H groups in total. The average Bonchev–Trinajstić information content (AvgIpc) is 3.05. The number of rotatable bonds is 4. The molecule has 4 rings (SSSR count). The summed E-state index contributed by atoms with van der Waals surface area (Å²) in [6.45, 7) is 1.87. The van der Waals surface area contributed by atoms with Gasteiger partial charge < -0.3 is 5.11 Å². The third kappa shape index (κ3) is 3.44. The Bertz CT molecular complexity index is 1220. The Kier molecular flexibility index (Phi) is 5.04. The molecule has 154 valence electrons. The lowest BCUT2D eigenvalue weighted by Gasteiger charge is -2.24. The molecule has 0 aliphatic carbocycles. The summed E-state index contributed by atoms with van der Waals surface area (Å²) in [5.41, 5.74) is 0.874. The Labute approximate surface area is 177 Å². The summed E-state index contributed by atoms with van der Waals surface area (Å²) >= 11 is 0. The fraction of sp³-hybridized carbons (Fsp3) is 0.0870. The number of hydrogen-bond donors (Lipinski definition) is 1. The number of pyridine rings is 1. The van der Waals surface area contributed by atoms with Crippen molar-refractivity contribution in [2.75, 3.05) is 4.90 Å². The van der Waals surface area contributed by atoms with E-state index in [2.05, 4.69) is 4.98 Å². The van der Waals surface area contributed by atoms with Gasteiger partial charge in [0.15, 0.2) is 0 Å². The molecule has 0 radical (unpaired) electrons. The highest BCUT2D eigenvalue weighted by Crippen LogP contribution is 2.44. The first-order chi connectivity index (χ1) is 14.9. The zero-order chi connectivity index (χ0) is 22.1. The molecule has 1 fully saturated rings. The first-order valence-electron chi connectivity index (χ1n) is 9.42. The Hall–Kier alpha value is -4.33. The third-order valence-corrected chi connectivity index (χ3v) is 5.09. The first-order valence-corrected chi connectivity index (χ1v) is 9.42. The lowest BCUT2D eigenvalue weighted by molar-refractivity contribution is -0.385. The molecule has 0 saturated carbocycles. The number of aliphatic hydroxyl groups is 1. The van der Waals surface area contributed by atoms with Crippen molar-refractivity contribution in [3.63, 3.8) is 0 Å². The fourth-order valence-corrected chi connectivity index (χ4v) is 3.61. The van der Waals surface area contributed by atoms with E-state index in [1.54, 1.807) is 42.5 Å². The second-order valence-electron chi connectivity index (χ2n) is 7.04. The zero-order valence-corrected chi connectivity index (χ0v) is 16.4. The minimum absolute atomic E-state index is 0.103.